The predicted octanol–water partition coefficient (Wildman–Crippen LogP) is 2.31. The van der Waals surface area contributed by atoms with Crippen molar-refractivity contribution in [1.82, 2.24) is 15.5 Å². The lowest BCUT2D eigenvalue weighted by Crippen LogP contribution is -2.58. The van der Waals surface area contributed by atoms with Crippen LogP contribution in [0.3, 0.4) is 0 Å². The van der Waals surface area contributed by atoms with Gasteiger partial charge in [-0.15, -0.1) is 24.0 Å². The number of likely N-dealkylation sites (tertiary alicyclic amines) is 1. The molecule has 0 aliphatic carbocycles. The van der Waals surface area contributed by atoms with Crippen LogP contribution >= 0.6 is 24.0 Å². The van der Waals surface area contributed by atoms with Gasteiger partial charge in [0, 0.05) is 31.8 Å². The van der Waals surface area contributed by atoms with Crippen LogP contribution in [0.5, 0.6) is 0 Å². The van der Waals surface area contributed by atoms with E-state index in [4.69, 9.17) is 9.15 Å². The van der Waals surface area contributed by atoms with E-state index in [9.17, 15) is 5.11 Å². The Bertz CT molecular complexity index is 595. The van der Waals surface area contributed by atoms with Crippen molar-refractivity contribution in [2.75, 3.05) is 45.9 Å². The van der Waals surface area contributed by atoms with Crippen LogP contribution in [-0.2, 0) is 10.3 Å². The lowest BCUT2D eigenvalue weighted by atomic mass is 9.88. The topological polar surface area (TPSA) is 82.3 Å². The van der Waals surface area contributed by atoms with Gasteiger partial charge in [-0.05, 0) is 64.8 Å². The summed E-state index contributed by atoms with van der Waals surface area (Å²) >= 11 is 0. The molecule has 0 bridgehead atoms. The van der Waals surface area contributed by atoms with Crippen molar-refractivity contribution in [2.24, 2.45) is 4.99 Å². The highest BCUT2D eigenvalue weighted by atomic mass is 127. The van der Waals surface area contributed by atoms with Gasteiger partial charge in [-0.1, -0.05) is 0 Å². The zero-order chi connectivity index (χ0) is 19.2. The first kappa shape index (κ1) is 23.4. The van der Waals surface area contributed by atoms with Crippen LogP contribution in [0.1, 0.15) is 45.3 Å². The fraction of sp³-hybridized carbons (Fsp3) is 0.750. The van der Waals surface area contributed by atoms with Crippen molar-refractivity contribution in [3.8, 4) is 0 Å². The van der Waals surface area contributed by atoms with Gasteiger partial charge in [-0.25, -0.2) is 4.99 Å². The summed E-state index contributed by atoms with van der Waals surface area (Å²) in [4.78, 5) is 7.25. The van der Waals surface area contributed by atoms with Crippen molar-refractivity contribution in [3.05, 3.63) is 24.2 Å². The van der Waals surface area contributed by atoms with Crippen molar-refractivity contribution >= 4 is 29.9 Å². The molecule has 28 heavy (non-hydrogen) atoms. The second kappa shape index (κ2) is 10.8. The molecule has 0 spiro atoms. The number of aliphatic hydroxyl groups is 1. The van der Waals surface area contributed by atoms with E-state index < -0.39 is 5.60 Å². The number of nitrogens with zero attached hydrogens (tertiary/aromatic N) is 2. The molecule has 0 saturated carbocycles. The molecule has 1 atom stereocenters. The third kappa shape index (κ3) is 5.84. The average Bonchev–Trinajstić information content (AvgIpc) is 3.39. The number of nitrogens with one attached hydrogen (secondary N) is 2. The van der Waals surface area contributed by atoms with Gasteiger partial charge in [-0.2, -0.15) is 0 Å². The SMILES string of the molecule is CCNC(=NCC(C)(O)c1ccco1)NCC1(N2CCCC2)CCOCC1.I. The summed E-state index contributed by atoms with van der Waals surface area (Å²) in [6.07, 6.45) is 6.22. The summed E-state index contributed by atoms with van der Waals surface area (Å²) in [7, 11) is 0. The highest BCUT2D eigenvalue weighted by molar-refractivity contribution is 14.0. The standard InChI is InChI=1S/C20H34N4O3.HI/c1-3-21-18(22-15-19(2,25)17-7-6-12-27-17)23-16-20(8-13-26-14-9-20)24-10-4-5-11-24;/h6-7,12,25H,3-5,8-11,13-16H2,1-2H3,(H2,21,22,23);1H. The summed E-state index contributed by atoms with van der Waals surface area (Å²) in [5.74, 6) is 1.26. The second-order valence-corrected chi connectivity index (χ2v) is 7.83. The van der Waals surface area contributed by atoms with E-state index in [1.807, 2.05) is 6.92 Å². The van der Waals surface area contributed by atoms with Gasteiger partial charge < -0.3 is 24.9 Å². The van der Waals surface area contributed by atoms with Crippen LogP contribution < -0.4 is 10.6 Å². The first-order chi connectivity index (χ1) is 13.1. The Morgan fingerprint density at radius 3 is 2.61 bits per heavy atom. The van der Waals surface area contributed by atoms with Gasteiger partial charge >= 0.3 is 0 Å². The van der Waals surface area contributed by atoms with Crippen LogP contribution in [0.15, 0.2) is 27.8 Å². The number of ether oxygens (including phenoxy) is 1. The van der Waals surface area contributed by atoms with Gasteiger partial charge in [0.1, 0.15) is 11.4 Å². The Balaban J connectivity index is 0.00000280. The smallest absolute Gasteiger partial charge is 0.191 e. The fourth-order valence-electron chi connectivity index (χ4n) is 4.03. The Hall–Kier alpha value is -0.840. The summed E-state index contributed by atoms with van der Waals surface area (Å²) < 4.78 is 11.0. The van der Waals surface area contributed by atoms with Gasteiger partial charge in [0.2, 0.25) is 0 Å². The molecule has 0 amide bonds. The lowest BCUT2D eigenvalue weighted by molar-refractivity contribution is -0.0164. The molecule has 8 heteroatoms. The molecule has 2 saturated heterocycles. The average molecular weight is 506 g/mol. The van der Waals surface area contributed by atoms with Gasteiger partial charge in [0.25, 0.3) is 0 Å². The predicted molar refractivity (Wildman–Crippen MR) is 121 cm³/mol. The summed E-state index contributed by atoms with van der Waals surface area (Å²) in [5, 5.41) is 17.5. The highest BCUT2D eigenvalue weighted by Gasteiger charge is 2.39. The van der Waals surface area contributed by atoms with Crippen LogP contribution in [0.2, 0.25) is 0 Å². The molecular formula is C20H35IN4O3. The van der Waals surface area contributed by atoms with Crippen LogP contribution in [0.25, 0.3) is 0 Å². The van der Waals surface area contributed by atoms with Crippen molar-refractivity contribution in [1.29, 1.82) is 0 Å². The first-order valence-corrected chi connectivity index (χ1v) is 10.2. The van der Waals surface area contributed by atoms with Crippen molar-refractivity contribution in [2.45, 2.75) is 50.7 Å². The molecular weight excluding hydrogens is 471 g/mol. The molecule has 2 aliphatic rings. The third-order valence-corrected chi connectivity index (χ3v) is 5.73. The molecule has 0 radical (unpaired) electrons. The number of rotatable bonds is 7. The highest BCUT2D eigenvalue weighted by Crippen LogP contribution is 2.30. The first-order valence-electron chi connectivity index (χ1n) is 10.2. The molecule has 2 aliphatic heterocycles. The number of hydrogen-bond acceptors (Lipinski definition) is 5. The molecule has 3 rings (SSSR count). The zero-order valence-corrected chi connectivity index (χ0v) is 19.4. The Kier molecular flexibility index (Phi) is 9.04. The number of guanidine groups is 1. The minimum Gasteiger partial charge on any atom is -0.466 e. The normalized spacial score (nSPS) is 22.3. The summed E-state index contributed by atoms with van der Waals surface area (Å²) in [6, 6.07) is 3.56. The van der Waals surface area contributed by atoms with Gasteiger partial charge in [-0.3, -0.25) is 4.90 Å². The zero-order valence-electron chi connectivity index (χ0n) is 17.1. The van der Waals surface area contributed by atoms with Crippen LogP contribution in [-0.4, -0.2) is 67.4 Å². The molecule has 3 N–H and O–H groups in total. The van der Waals surface area contributed by atoms with Gasteiger partial charge in [0.15, 0.2) is 5.96 Å². The van der Waals surface area contributed by atoms with E-state index in [0.29, 0.717) is 5.76 Å². The maximum absolute atomic E-state index is 10.7. The van der Waals surface area contributed by atoms with Gasteiger partial charge in [0.05, 0.1) is 12.8 Å². The van der Waals surface area contributed by atoms with Crippen molar-refractivity contribution in [3.63, 3.8) is 0 Å². The molecule has 1 aromatic heterocycles. The third-order valence-electron chi connectivity index (χ3n) is 5.73. The van der Waals surface area contributed by atoms with E-state index in [-0.39, 0.29) is 36.1 Å². The summed E-state index contributed by atoms with van der Waals surface area (Å²) in [6.45, 7) is 9.59. The molecule has 2 fully saturated rings. The number of hydrogen-bond donors (Lipinski definition) is 3. The second-order valence-electron chi connectivity index (χ2n) is 7.83. The minimum absolute atomic E-state index is 0. The maximum Gasteiger partial charge on any atom is 0.191 e. The van der Waals surface area contributed by atoms with E-state index >= 15 is 0 Å². The number of aliphatic imine (C=N–C) groups is 1. The number of halogens is 1. The molecule has 1 unspecified atom stereocenters. The quantitative estimate of drug-likeness (QED) is 0.299. The lowest BCUT2D eigenvalue weighted by Gasteiger charge is -2.45. The maximum atomic E-state index is 10.7. The van der Waals surface area contributed by atoms with E-state index in [1.54, 1.807) is 25.3 Å². The van der Waals surface area contributed by atoms with E-state index in [2.05, 4.69) is 20.5 Å². The van der Waals surface area contributed by atoms with Crippen LogP contribution in [0, 0.1) is 0 Å². The van der Waals surface area contributed by atoms with E-state index in [0.717, 1.165) is 45.1 Å². The Labute approximate surface area is 185 Å². The Morgan fingerprint density at radius 1 is 1.29 bits per heavy atom. The largest absolute Gasteiger partial charge is 0.466 e. The molecule has 0 aromatic carbocycles. The van der Waals surface area contributed by atoms with Crippen LogP contribution in [0.4, 0.5) is 0 Å². The number of furan rings is 1. The molecule has 160 valence electrons. The minimum atomic E-state index is -1.13. The molecule has 7 nitrogen and oxygen atoms in total. The molecule has 3 heterocycles. The Morgan fingerprint density at radius 2 is 2.00 bits per heavy atom. The molecule has 1 aromatic rings. The monoisotopic (exact) mass is 506 g/mol. The van der Waals surface area contributed by atoms with E-state index in [1.165, 1.54) is 25.9 Å². The summed E-state index contributed by atoms with van der Waals surface area (Å²) in [5.41, 5.74) is -0.994. The fourth-order valence-corrected chi connectivity index (χ4v) is 4.03. The van der Waals surface area contributed by atoms with Crippen molar-refractivity contribution < 1.29 is 14.3 Å².